The van der Waals surface area contributed by atoms with Crippen LogP contribution in [0.2, 0.25) is 0 Å². The number of hydrogen-bond donors (Lipinski definition) is 1. The highest BCUT2D eigenvalue weighted by Gasteiger charge is 2.22. The Labute approximate surface area is 129 Å². The van der Waals surface area contributed by atoms with E-state index in [0.717, 1.165) is 31.1 Å². The summed E-state index contributed by atoms with van der Waals surface area (Å²) in [5.74, 6) is 0.922. The van der Waals surface area contributed by atoms with Gasteiger partial charge in [0.15, 0.2) is 0 Å². The third-order valence-electron chi connectivity index (χ3n) is 5.08. The van der Waals surface area contributed by atoms with Crippen LogP contribution in [-0.4, -0.2) is 29.0 Å². The molecular formula is C18H29N3. The van der Waals surface area contributed by atoms with E-state index in [1.807, 2.05) is 6.20 Å². The minimum Gasteiger partial charge on any atom is -0.310 e. The van der Waals surface area contributed by atoms with Crippen molar-refractivity contribution in [2.45, 2.75) is 70.6 Å². The van der Waals surface area contributed by atoms with Crippen LogP contribution in [0.25, 0.3) is 0 Å². The summed E-state index contributed by atoms with van der Waals surface area (Å²) in [4.78, 5) is 7.14. The molecule has 1 heterocycles. The maximum atomic E-state index is 4.65. The standard InChI is InChI=1S/C18H29N3/c1-14-3-9-18(10-4-14)21(2)13-17-6-5-15(12-20-17)11-19-16-7-8-16/h5-6,12,14,16,18-19H,3-4,7-11,13H2,1-2H3. The van der Waals surface area contributed by atoms with Crippen molar-refractivity contribution >= 4 is 0 Å². The Hall–Kier alpha value is -0.930. The summed E-state index contributed by atoms with van der Waals surface area (Å²) < 4.78 is 0. The second-order valence-corrected chi connectivity index (χ2v) is 7.14. The molecule has 0 spiro atoms. The number of rotatable bonds is 6. The lowest BCUT2D eigenvalue weighted by molar-refractivity contribution is 0.162. The third kappa shape index (κ3) is 4.52. The second-order valence-electron chi connectivity index (χ2n) is 7.14. The van der Waals surface area contributed by atoms with Crippen LogP contribution in [-0.2, 0) is 13.1 Å². The van der Waals surface area contributed by atoms with Crippen molar-refractivity contribution in [3.8, 4) is 0 Å². The van der Waals surface area contributed by atoms with E-state index in [1.54, 1.807) is 0 Å². The summed E-state index contributed by atoms with van der Waals surface area (Å²) >= 11 is 0. The van der Waals surface area contributed by atoms with Crippen LogP contribution in [0.15, 0.2) is 18.3 Å². The molecule has 1 aromatic rings. The van der Waals surface area contributed by atoms with Gasteiger partial charge in [-0.2, -0.15) is 0 Å². The molecule has 0 aromatic carbocycles. The van der Waals surface area contributed by atoms with Gasteiger partial charge in [-0.15, -0.1) is 0 Å². The normalized spacial score (nSPS) is 26.2. The van der Waals surface area contributed by atoms with Crippen LogP contribution < -0.4 is 5.32 Å². The Kier molecular flexibility index (Phi) is 4.91. The van der Waals surface area contributed by atoms with Gasteiger partial charge in [0.25, 0.3) is 0 Å². The number of nitrogens with zero attached hydrogens (tertiary/aromatic N) is 2. The van der Waals surface area contributed by atoms with E-state index in [0.29, 0.717) is 0 Å². The monoisotopic (exact) mass is 287 g/mol. The van der Waals surface area contributed by atoms with Crippen LogP contribution in [0.5, 0.6) is 0 Å². The van der Waals surface area contributed by atoms with Gasteiger partial charge in [-0.1, -0.05) is 13.0 Å². The van der Waals surface area contributed by atoms with Crippen molar-refractivity contribution in [2.75, 3.05) is 7.05 Å². The first-order chi connectivity index (χ1) is 10.2. The van der Waals surface area contributed by atoms with E-state index < -0.39 is 0 Å². The zero-order chi connectivity index (χ0) is 14.7. The molecule has 0 atom stereocenters. The van der Waals surface area contributed by atoms with Crippen LogP contribution in [0, 0.1) is 5.92 Å². The van der Waals surface area contributed by atoms with Gasteiger partial charge in [-0.3, -0.25) is 9.88 Å². The Morgan fingerprint density at radius 3 is 2.52 bits per heavy atom. The molecule has 2 aliphatic carbocycles. The largest absolute Gasteiger partial charge is 0.310 e. The third-order valence-corrected chi connectivity index (χ3v) is 5.08. The summed E-state index contributed by atoms with van der Waals surface area (Å²) in [6.07, 6.45) is 10.2. The van der Waals surface area contributed by atoms with E-state index in [2.05, 4.69) is 41.3 Å². The van der Waals surface area contributed by atoms with Crippen molar-refractivity contribution in [2.24, 2.45) is 5.92 Å². The van der Waals surface area contributed by atoms with Crippen LogP contribution in [0.3, 0.4) is 0 Å². The van der Waals surface area contributed by atoms with Gasteiger partial charge in [0.05, 0.1) is 5.69 Å². The lowest BCUT2D eigenvalue weighted by Gasteiger charge is -2.33. The molecule has 3 rings (SSSR count). The summed E-state index contributed by atoms with van der Waals surface area (Å²) in [7, 11) is 2.25. The van der Waals surface area contributed by atoms with Gasteiger partial charge < -0.3 is 5.32 Å². The smallest absolute Gasteiger partial charge is 0.0544 e. The zero-order valence-electron chi connectivity index (χ0n) is 13.5. The maximum Gasteiger partial charge on any atom is 0.0544 e. The Morgan fingerprint density at radius 2 is 1.90 bits per heavy atom. The van der Waals surface area contributed by atoms with Crippen molar-refractivity contribution in [3.63, 3.8) is 0 Å². The molecule has 21 heavy (non-hydrogen) atoms. The number of aromatic nitrogens is 1. The minimum absolute atomic E-state index is 0.749. The average Bonchev–Trinajstić information content (AvgIpc) is 3.31. The molecule has 2 fully saturated rings. The van der Waals surface area contributed by atoms with E-state index in [1.165, 1.54) is 49.8 Å². The van der Waals surface area contributed by atoms with Gasteiger partial charge in [0, 0.05) is 31.4 Å². The first-order valence-electron chi connectivity index (χ1n) is 8.58. The summed E-state index contributed by atoms with van der Waals surface area (Å²) in [6.45, 7) is 4.33. The molecule has 1 N–H and O–H groups in total. The van der Waals surface area contributed by atoms with Gasteiger partial charge in [0.2, 0.25) is 0 Å². The molecule has 0 bridgehead atoms. The fraction of sp³-hybridized carbons (Fsp3) is 0.722. The Balaban J connectivity index is 1.47. The van der Waals surface area contributed by atoms with E-state index in [9.17, 15) is 0 Å². The predicted octanol–water partition coefficient (Wildman–Crippen LogP) is 3.34. The highest BCUT2D eigenvalue weighted by atomic mass is 15.1. The molecular weight excluding hydrogens is 258 g/mol. The Morgan fingerprint density at radius 1 is 1.14 bits per heavy atom. The Bertz CT molecular complexity index is 430. The molecule has 0 amide bonds. The first-order valence-corrected chi connectivity index (χ1v) is 8.58. The molecule has 1 aromatic heterocycles. The lowest BCUT2D eigenvalue weighted by atomic mass is 9.87. The fourth-order valence-electron chi connectivity index (χ4n) is 3.27. The summed E-state index contributed by atoms with van der Waals surface area (Å²) in [5.41, 5.74) is 2.51. The molecule has 0 unspecified atom stereocenters. The van der Waals surface area contributed by atoms with Crippen molar-refractivity contribution in [1.82, 2.24) is 15.2 Å². The van der Waals surface area contributed by atoms with Gasteiger partial charge >= 0.3 is 0 Å². The van der Waals surface area contributed by atoms with Crippen LogP contribution >= 0.6 is 0 Å². The minimum atomic E-state index is 0.749. The molecule has 116 valence electrons. The summed E-state index contributed by atoms with van der Waals surface area (Å²) in [5, 5.41) is 3.54. The van der Waals surface area contributed by atoms with Crippen LogP contribution in [0.1, 0.15) is 56.7 Å². The molecule has 0 radical (unpaired) electrons. The fourth-order valence-corrected chi connectivity index (χ4v) is 3.27. The van der Waals surface area contributed by atoms with E-state index >= 15 is 0 Å². The highest BCUT2D eigenvalue weighted by molar-refractivity contribution is 5.14. The van der Waals surface area contributed by atoms with E-state index in [-0.39, 0.29) is 0 Å². The average molecular weight is 287 g/mol. The van der Waals surface area contributed by atoms with Gasteiger partial charge in [-0.25, -0.2) is 0 Å². The first kappa shape index (κ1) is 15.0. The lowest BCUT2D eigenvalue weighted by Crippen LogP contribution is -2.34. The SMILES string of the molecule is CC1CCC(N(C)Cc2ccc(CNC3CC3)cn2)CC1. The molecule has 0 aliphatic heterocycles. The highest BCUT2D eigenvalue weighted by Crippen LogP contribution is 2.27. The molecule has 0 saturated heterocycles. The molecule has 3 nitrogen and oxygen atoms in total. The maximum absolute atomic E-state index is 4.65. The summed E-state index contributed by atoms with van der Waals surface area (Å²) in [6, 6.07) is 5.95. The molecule has 3 heteroatoms. The van der Waals surface area contributed by atoms with Crippen molar-refractivity contribution in [1.29, 1.82) is 0 Å². The number of pyridine rings is 1. The number of nitrogens with one attached hydrogen (secondary N) is 1. The predicted molar refractivity (Wildman–Crippen MR) is 87.0 cm³/mol. The van der Waals surface area contributed by atoms with E-state index in [4.69, 9.17) is 0 Å². The molecule has 2 aliphatic rings. The topological polar surface area (TPSA) is 28.2 Å². The second kappa shape index (κ2) is 6.89. The molecule has 2 saturated carbocycles. The number of hydrogen-bond acceptors (Lipinski definition) is 3. The van der Waals surface area contributed by atoms with Crippen molar-refractivity contribution < 1.29 is 0 Å². The quantitative estimate of drug-likeness (QED) is 0.869. The van der Waals surface area contributed by atoms with Crippen molar-refractivity contribution in [3.05, 3.63) is 29.6 Å². The van der Waals surface area contributed by atoms with Gasteiger partial charge in [0.1, 0.15) is 0 Å². The zero-order valence-corrected chi connectivity index (χ0v) is 13.5. The van der Waals surface area contributed by atoms with Crippen LogP contribution in [0.4, 0.5) is 0 Å². The van der Waals surface area contributed by atoms with Gasteiger partial charge in [-0.05, 0) is 63.1 Å².